The first-order valence-electron chi connectivity index (χ1n) is 5.44. The molecule has 0 amide bonds. The number of rotatable bonds is 5. The number of aryl methyl sites for hydroxylation is 2. The molecule has 2 aromatic heterocycles. The molecule has 0 bridgehead atoms. The molecule has 5 nitrogen and oxygen atoms in total. The Hall–Kier alpha value is -1.62. The van der Waals surface area contributed by atoms with E-state index < -0.39 is 0 Å². The maximum Gasteiger partial charge on any atom is 0.0535 e. The van der Waals surface area contributed by atoms with Crippen molar-refractivity contribution in [1.29, 1.82) is 0 Å². The summed E-state index contributed by atoms with van der Waals surface area (Å²) >= 11 is 0. The third-order valence-electron chi connectivity index (χ3n) is 2.53. The van der Waals surface area contributed by atoms with Gasteiger partial charge in [0.05, 0.1) is 18.9 Å². The van der Waals surface area contributed by atoms with Gasteiger partial charge in [0.1, 0.15) is 0 Å². The van der Waals surface area contributed by atoms with Gasteiger partial charge in [0.15, 0.2) is 0 Å². The molecular weight excluding hydrogens is 202 g/mol. The SMILES string of the molecule is Cc1cnn(CCNCc2cn[nH]c2C)c1. The number of H-pyrrole nitrogens is 1. The second kappa shape index (κ2) is 4.94. The molecule has 0 spiro atoms. The van der Waals surface area contributed by atoms with E-state index in [0.717, 1.165) is 25.3 Å². The third kappa shape index (κ3) is 2.70. The van der Waals surface area contributed by atoms with Gasteiger partial charge in [-0.2, -0.15) is 10.2 Å². The zero-order chi connectivity index (χ0) is 11.4. The third-order valence-corrected chi connectivity index (χ3v) is 2.53. The fraction of sp³-hybridized carbons (Fsp3) is 0.455. The fourth-order valence-corrected chi connectivity index (χ4v) is 1.56. The lowest BCUT2D eigenvalue weighted by Crippen LogP contribution is -2.19. The van der Waals surface area contributed by atoms with E-state index in [1.54, 1.807) is 0 Å². The lowest BCUT2D eigenvalue weighted by molar-refractivity contribution is 0.554. The van der Waals surface area contributed by atoms with Gasteiger partial charge in [0.25, 0.3) is 0 Å². The van der Waals surface area contributed by atoms with Crippen LogP contribution in [0.5, 0.6) is 0 Å². The highest BCUT2D eigenvalue weighted by Gasteiger charge is 1.99. The first-order chi connectivity index (χ1) is 7.75. The molecule has 2 rings (SSSR count). The zero-order valence-corrected chi connectivity index (χ0v) is 9.70. The zero-order valence-electron chi connectivity index (χ0n) is 9.70. The normalized spacial score (nSPS) is 10.9. The molecule has 0 atom stereocenters. The van der Waals surface area contributed by atoms with Gasteiger partial charge in [0, 0.05) is 30.5 Å². The Morgan fingerprint density at radius 3 is 2.88 bits per heavy atom. The highest BCUT2D eigenvalue weighted by molar-refractivity contribution is 5.13. The van der Waals surface area contributed by atoms with Crippen LogP contribution in [0.25, 0.3) is 0 Å². The number of aromatic amines is 1. The van der Waals surface area contributed by atoms with E-state index in [1.807, 2.05) is 37.1 Å². The van der Waals surface area contributed by atoms with Crippen LogP contribution < -0.4 is 5.32 Å². The van der Waals surface area contributed by atoms with E-state index in [1.165, 1.54) is 11.1 Å². The van der Waals surface area contributed by atoms with Crippen LogP contribution in [0.2, 0.25) is 0 Å². The number of nitrogens with one attached hydrogen (secondary N) is 2. The summed E-state index contributed by atoms with van der Waals surface area (Å²) in [6.45, 7) is 6.73. The molecule has 2 N–H and O–H groups in total. The van der Waals surface area contributed by atoms with Crippen molar-refractivity contribution in [2.45, 2.75) is 26.9 Å². The van der Waals surface area contributed by atoms with Crippen molar-refractivity contribution >= 4 is 0 Å². The second-order valence-electron chi connectivity index (χ2n) is 3.98. The monoisotopic (exact) mass is 219 g/mol. The predicted octanol–water partition coefficient (Wildman–Crippen LogP) is 1.01. The van der Waals surface area contributed by atoms with Crippen molar-refractivity contribution in [3.8, 4) is 0 Å². The van der Waals surface area contributed by atoms with E-state index in [9.17, 15) is 0 Å². The van der Waals surface area contributed by atoms with Crippen molar-refractivity contribution < 1.29 is 0 Å². The molecule has 0 radical (unpaired) electrons. The van der Waals surface area contributed by atoms with Crippen molar-refractivity contribution in [3.63, 3.8) is 0 Å². The molecule has 16 heavy (non-hydrogen) atoms. The van der Waals surface area contributed by atoms with Gasteiger partial charge in [-0.15, -0.1) is 0 Å². The van der Waals surface area contributed by atoms with Crippen molar-refractivity contribution in [2.24, 2.45) is 0 Å². The summed E-state index contributed by atoms with van der Waals surface area (Å²) in [5.41, 5.74) is 3.55. The standard InChI is InChI=1S/C11H17N5/c1-9-5-14-16(8-9)4-3-12-6-11-7-13-15-10(11)2/h5,7-8,12H,3-4,6H2,1-2H3,(H,13,15). The highest BCUT2D eigenvalue weighted by atomic mass is 15.3. The van der Waals surface area contributed by atoms with Crippen LogP contribution in [0.15, 0.2) is 18.6 Å². The van der Waals surface area contributed by atoms with Gasteiger partial charge in [0.2, 0.25) is 0 Å². The fourth-order valence-electron chi connectivity index (χ4n) is 1.56. The second-order valence-corrected chi connectivity index (χ2v) is 3.98. The van der Waals surface area contributed by atoms with Crippen LogP contribution in [0.4, 0.5) is 0 Å². The smallest absolute Gasteiger partial charge is 0.0535 e. The Labute approximate surface area is 94.9 Å². The van der Waals surface area contributed by atoms with Crippen LogP contribution in [-0.2, 0) is 13.1 Å². The van der Waals surface area contributed by atoms with Gasteiger partial charge in [-0.1, -0.05) is 0 Å². The van der Waals surface area contributed by atoms with E-state index in [2.05, 4.69) is 20.6 Å². The summed E-state index contributed by atoms with van der Waals surface area (Å²) in [6, 6.07) is 0. The minimum atomic E-state index is 0.850. The Balaban J connectivity index is 1.71. The van der Waals surface area contributed by atoms with Crippen molar-refractivity contribution in [3.05, 3.63) is 35.4 Å². The van der Waals surface area contributed by atoms with Crippen LogP contribution in [0.3, 0.4) is 0 Å². The Kier molecular flexibility index (Phi) is 3.36. The molecule has 0 aromatic carbocycles. The van der Waals surface area contributed by atoms with Crippen molar-refractivity contribution in [2.75, 3.05) is 6.54 Å². The summed E-state index contributed by atoms with van der Waals surface area (Å²) < 4.78 is 1.95. The molecule has 0 unspecified atom stereocenters. The van der Waals surface area contributed by atoms with E-state index in [0.29, 0.717) is 0 Å². The summed E-state index contributed by atoms with van der Waals surface area (Å²) in [5, 5.41) is 14.5. The predicted molar refractivity (Wildman–Crippen MR) is 62.0 cm³/mol. The molecule has 0 aliphatic heterocycles. The maximum atomic E-state index is 4.23. The lowest BCUT2D eigenvalue weighted by atomic mass is 10.2. The summed E-state index contributed by atoms with van der Waals surface area (Å²) in [5.74, 6) is 0. The summed E-state index contributed by atoms with van der Waals surface area (Å²) in [7, 11) is 0. The maximum absolute atomic E-state index is 4.23. The molecule has 2 aromatic rings. The van der Waals surface area contributed by atoms with Gasteiger partial charge in [-0.25, -0.2) is 0 Å². The quantitative estimate of drug-likeness (QED) is 0.738. The molecule has 86 valence electrons. The van der Waals surface area contributed by atoms with Crippen molar-refractivity contribution in [1.82, 2.24) is 25.3 Å². The van der Waals surface area contributed by atoms with E-state index in [-0.39, 0.29) is 0 Å². The molecular formula is C11H17N5. The lowest BCUT2D eigenvalue weighted by Gasteiger charge is -2.04. The Bertz CT molecular complexity index is 443. The van der Waals surface area contributed by atoms with Crippen LogP contribution in [0.1, 0.15) is 16.8 Å². The van der Waals surface area contributed by atoms with Gasteiger partial charge in [-0.3, -0.25) is 9.78 Å². The topological polar surface area (TPSA) is 58.5 Å². The molecule has 2 heterocycles. The largest absolute Gasteiger partial charge is 0.311 e. The molecule has 0 saturated carbocycles. The average Bonchev–Trinajstić information content (AvgIpc) is 2.83. The molecule has 0 fully saturated rings. The minimum Gasteiger partial charge on any atom is -0.311 e. The number of hydrogen-bond acceptors (Lipinski definition) is 3. The van der Waals surface area contributed by atoms with Gasteiger partial charge < -0.3 is 5.32 Å². The number of aromatic nitrogens is 4. The Morgan fingerprint density at radius 1 is 1.38 bits per heavy atom. The average molecular weight is 219 g/mol. The highest BCUT2D eigenvalue weighted by Crippen LogP contribution is 2.01. The van der Waals surface area contributed by atoms with Crippen LogP contribution in [0, 0.1) is 13.8 Å². The Morgan fingerprint density at radius 2 is 2.25 bits per heavy atom. The molecule has 5 heteroatoms. The number of hydrogen-bond donors (Lipinski definition) is 2. The van der Waals surface area contributed by atoms with Crippen LogP contribution >= 0.6 is 0 Å². The molecule has 0 aliphatic rings. The minimum absolute atomic E-state index is 0.850. The summed E-state index contributed by atoms with van der Waals surface area (Å²) in [6.07, 6.45) is 5.78. The summed E-state index contributed by atoms with van der Waals surface area (Å²) in [4.78, 5) is 0. The van der Waals surface area contributed by atoms with Crippen LogP contribution in [-0.4, -0.2) is 26.5 Å². The molecule has 0 aliphatic carbocycles. The first kappa shape index (κ1) is 10.9. The first-order valence-corrected chi connectivity index (χ1v) is 5.44. The molecule has 0 saturated heterocycles. The van der Waals surface area contributed by atoms with Gasteiger partial charge >= 0.3 is 0 Å². The van der Waals surface area contributed by atoms with E-state index >= 15 is 0 Å². The van der Waals surface area contributed by atoms with Gasteiger partial charge in [-0.05, 0) is 19.4 Å². The number of nitrogens with zero attached hydrogens (tertiary/aromatic N) is 3. The van der Waals surface area contributed by atoms with E-state index in [4.69, 9.17) is 0 Å².